The Balaban J connectivity index is 2.35. The Bertz CT molecular complexity index is 814. The zero-order valence-electron chi connectivity index (χ0n) is 10.8. The number of imidazole rings is 1. The van der Waals surface area contributed by atoms with Crippen LogP contribution in [0.3, 0.4) is 0 Å². The Labute approximate surface area is 145 Å². The number of benzene rings is 2. The summed E-state index contributed by atoms with van der Waals surface area (Å²) in [4.78, 5) is 4.65. The molecule has 0 atom stereocenters. The average molecular weight is 405 g/mol. The molecule has 0 aliphatic heterocycles. The lowest BCUT2D eigenvalue weighted by Crippen LogP contribution is -2.03. The molecule has 6 heteroatoms. The molecule has 0 spiro atoms. The van der Waals surface area contributed by atoms with E-state index in [2.05, 4.69) is 20.9 Å². The van der Waals surface area contributed by atoms with Crippen molar-refractivity contribution in [2.75, 3.05) is 5.88 Å². The highest BCUT2D eigenvalue weighted by Gasteiger charge is 2.15. The predicted octanol–water partition coefficient (Wildman–Crippen LogP) is 5.88. The summed E-state index contributed by atoms with van der Waals surface area (Å²) in [5, 5.41) is 1.25. The van der Waals surface area contributed by atoms with Crippen molar-refractivity contribution in [2.45, 2.75) is 6.42 Å². The van der Waals surface area contributed by atoms with Gasteiger partial charge in [0, 0.05) is 21.8 Å². The van der Waals surface area contributed by atoms with E-state index in [4.69, 9.17) is 34.8 Å². The number of fused-ring (bicyclic) bond motifs is 1. The van der Waals surface area contributed by atoms with Gasteiger partial charge in [-0.1, -0.05) is 39.1 Å². The third-order valence-electron chi connectivity index (χ3n) is 3.15. The minimum absolute atomic E-state index is 0.489. The molecule has 0 bridgehead atoms. The fraction of sp³-hybridized carbons (Fsp3) is 0.133. The third-order valence-corrected chi connectivity index (χ3v) is 4.39. The second kappa shape index (κ2) is 6.17. The largest absolute Gasteiger partial charge is 0.295 e. The van der Waals surface area contributed by atoms with Gasteiger partial charge in [-0.05, 0) is 36.4 Å². The molecule has 0 unspecified atom stereocenters. The minimum atomic E-state index is 0.489. The van der Waals surface area contributed by atoms with E-state index in [1.54, 1.807) is 12.1 Å². The molecule has 0 aliphatic carbocycles. The number of aryl methyl sites for hydroxylation is 1. The van der Waals surface area contributed by atoms with Crippen molar-refractivity contribution in [3.05, 3.63) is 56.7 Å². The van der Waals surface area contributed by atoms with Gasteiger partial charge in [0.15, 0.2) is 0 Å². The summed E-state index contributed by atoms with van der Waals surface area (Å²) in [5.74, 6) is 1.35. The molecule has 0 saturated heterocycles. The van der Waals surface area contributed by atoms with Gasteiger partial charge in [-0.25, -0.2) is 4.98 Å². The zero-order valence-corrected chi connectivity index (χ0v) is 14.6. The first kappa shape index (κ1) is 15.2. The van der Waals surface area contributed by atoms with Crippen LogP contribution in [0.25, 0.3) is 16.7 Å². The molecule has 0 radical (unpaired) electrons. The Kier molecular flexibility index (Phi) is 4.46. The van der Waals surface area contributed by atoms with E-state index in [-0.39, 0.29) is 0 Å². The second-order valence-electron chi connectivity index (χ2n) is 4.53. The van der Waals surface area contributed by atoms with Gasteiger partial charge >= 0.3 is 0 Å². The summed E-state index contributed by atoms with van der Waals surface area (Å²) >= 11 is 21.9. The molecule has 1 aromatic heterocycles. The molecule has 3 rings (SSSR count). The van der Waals surface area contributed by atoms with Crippen molar-refractivity contribution in [1.29, 1.82) is 0 Å². The normalized spacial score (nSPS) is 11.2. The van der Waals surface area contributed by atoms with Crippen molar-refractivity contribution >= 4 is 61.8 Å². The van der Waals surface area contributed by atoms with Crippen molar-refractivity contribution in [3.63, 3.8) is 0 Å². The zero-order chi connectivity index (χ0) is 15.0. The van der Waals surface area contributed by atoms with Crippen LogP contribution in [0.1, 0.15) is 5.82 Å². The molecular formula is C15H10BrCl3N2. The van der Waals surface area contributed by atoms with Gasteiger partial charge in [-0.15, -0.1) is 11.6 Å². The number of hydrogen-bond acceptors (Lipinski definition) is 1. The lowest BCUT2D eigenvalue weighted by molar-refractivity contribution is 0.912. The molecule has 108 valence electrons. The molecule has 0 saturated carbocycles. The van der Waals surface area contributed by atoms with Crippen LogP contribution in [-0.2, 0) is 6.42 Å². The third kappa shape index (κ3) is 2.93. The lowest BCUT2D eigenvalue weighted by Gasteiger charge is -2.11. The van der Waals surface area contributed by atoms with Crippen LogP contribution in [-0.4, -0.2) is 15.4 Å². The van der Waals surface area contributed by atoms with E-state index in [1.807, 2.05) is 28.8 Å². The van der Waals surface area contributed by atoms with Crippen molar-refractivity contribution < 1.29 is 0 Å². The van der Waals surface area contributed by atoms with E-state index < -0.39 is 0 Å². The highest BCUT2D eigenvalue weighted by Crippen LogP contribution is 2.30. The number of alkyl halides is 1. The van der Waals surface area contributed by atoms with Gasteiger partial charge in [0.25, 0.3) is 0 Å². The highest BCUT2D eigenvalue weighted by molar-refractivity contribution is 9.10. The average Bonchev–Trinajstić information content (AvgIpc) is 2.79. The van der Waals surface area contributed by atoms with Gasteiger partial charge in [0.05, 0.1) is 21.7 Å². The summed E-state index contributed by atoms with van der Waals surface area (Å²) in [6.45, 7) is 0. The molecule has 0 fully saturated rings. The van der Waals surface area contributed by atoms with Crippen LogP contribution in [0.5, 0.6) is 0 Å². The molecule has 2 aromatic carbocycles. The number of aromatic nitrogens is 2. The fourth-order valence-corrected chi connectivity index (χ4v) is 3.16. The maximum Gasteiger partial charge on any atom is 0.115 e. The van der Waals surface area contributed by atoms with Crippen LogP contribution >= 0.6 is 50.7 Å². The van der Waals surface area contributed by atoms with Crippen LogP contribution in [0.2, 0.25) is 10.0 Å². The monoisotopic (exact) mass is 402 g/mol. The maximum absolute atomic E-state index is 6.35. The second-order valence-corrected chi connectivity index (χ2v) is 6.67. The van der Waals surface area contributed by atoms with E-state index in [9.17, 15) is 0 Å². The van der Waals surface area contributed by atoms with Gasteiger partial charge in [-0.2, -0.15) is 0 Å². The maximum atomic E-state index is 6.35. The molecule has 0 N–H and O–H groups in total. The summed E-state index contributed by atoms with van der Waals surface area (Å²) in [6.07, 6.45) is 0.650. The number of nitrogens with zero attached hydrogens (tertiary/aromatic N) is 2. The summed E-state index contributed by atoms with van der Waals surface area (Å²) in [7, 11) is 0. The van der Waals surface area contributed by atoms with E-state index in [0.717, 1.165) is 27.0 Å². The number of halogens is 4. The molecular weight excluding hydrogens is 394 g/mol. The molecule has 1 heterocycles. The van der Waals surface area contributed by atoms with E-state index >= 15 is 0 Å². The van der Waals surface area contributed by atoms with Crippen LogP contribution in [0.15, 0.2) is 40.9 Å². The Morgan fingerprint density at radius 1 is 1.10 bits per heavy atom. The Hall–Kier alpha value is -0.740. The first-order chi connectivity index (χ1) is 10.1. The van der Waals surface area contributed by atoms with E-state index in [0.29, 0.717) is 22.3 Å². The smallest absolute Gasteiger partial charge is 0.115 e. The predicted molar refractivity (Wildman–Crippen MR) is 93.2 cm³/mol. The van der Waals surface area contributed by atoms with E-state index in [1.165, 1.54) is 0 Å². The first-order valence-corrected chi connectivity index (χ1v) is 8.37. The summed E-state index contributed by atoms with van der Waals surface area (Å²) < 4.78 is 2.99. The van der Waals surface area contributed by atoms with Crippen molar-refractivity contribution in [1.82, 2.24) is 9.55 Å². The van der Waals surface area contributed by atoms with Crippen molar-refractivity contribution in [3.8, 4) is 5.69 Å². The van der Waals surface area contributed by atoms with Crippen molar-refractivity contribution in [2.24, 2.45) is 0 Å². The standard InChI is InChI=1S/C15H10BrCl3N2/c16-9-1-4-12-14(7-9)21(15(20-12)5-6-17)13-8-10(18)2-3-11(13)19/h1-4,7-8H,5-6H2. The molecule has 21 heavy (non-hydrogen) atoms. The lowest BCUT2D eigenvalue weighted by atomic mass is 10.2. The number of hydrogen-bond donors (Lipinski definition) is 0. The topological polar surface area (TPSA) is 17.8 Å². The molecule has 0 amide bonds. The van der Waals surface area contributed by atoms with Gasteiger partial charge in [0.1, 0.15) is 5.82 Å². The van der Waals surface area contributed by atoms with Gasteiger partial charge < -0.3 is 0 Å². The molecule has 3 aromatic rings. The molecule has 2 nitrogen and oxygen atoms in total. The summed E-state index contributed by atoms with van der Waals surface area (Å²) in [5.41, 5.74) is 2.67. The number of rotatable bonds is 3. The first-order valence-electron chi connectivity index (χ1n) is 6.28. The quantitative estimate of drug-likeness (QED) is 0.499. The SMILES string of the molecule is ClCCc1nc2ccc(Br)cc2n1-c1cc(Cl)ccc1Cl. The molecule has 0 aliphatic rings. The van der Waals surface area contributed by atoms with Gasteiger partial charge in [0.2, 0.25) is 0 Å². The van der Waals surface area contributed by atoms with Crippen LogP contribution in [0, 0.1) is 0 Å². The van der Waals surface area contributed by atoms with Crippen LogP contribution in [0.4, 0.5) is 0 Å². The Morgan fingerprint density at radius 3 is 2.67 bits per heavy atom. The van der Waals surface area contributed by atoms with Crippen LogP contribution < -0.4 is 0 Å². The highest BCUT2D eigenvalue weighted by atomic mass is 79.9. The Morgan fingerprint density at radius 2 is 1.90 bits per heavy atom. The fourth-order valence-electron chi connectivity index (χ4n) is 2.28. The summed E-state index contributed by atoms with van der Waals surface area (Å²) in [6, 6.07) is 11.3. The van der Waals surface area contributed by atoms with Gasteiger partial charge in [-0.3, -0.25) is 4.57 Å². The minimum Gasteiger partial charge on any atom is -0.295 e.